The monoisotopic (exact) mass is 295 g/mol. The molecule has 0 aliphatic heterocycles. The molecule has 3 N–H and O–H groups in total. The van der Waals surface area contributed by atoms with Crippen molar-refractivity contribution in [2.45, 2.75) is 45.1 Å². The van der Waals surface area contributed by atoms with Gasteiger partial charge in [-0.3, -0.25) is 14.4 Å². The van der Waals surface area contributed by atoms with Gasteiger partial charge in [0.25, 0.3) is 0 Å². The number of nitrogens with zero attached hydrogens (tertiary/aromatic N) is 1. The molecule has 118 valence electrons. The first-order valence-corrected chi connectivity index (χ1v) is 7.10. The van der Waals surface area contributed by atoms with E-state index < -0.39 is 11.4 Å². The Morgan fingerprint density at radius 2 is 1.76 bits per heavy atom. The smallest absolute Gasteiger partial charge is 0.246 e. The van der Waals surface area contributed by atoms with Gasteiger partial charge in [0.05, 0.1) is 6.54 Å². The summed E-state index contributed by atoms with van der Waals surface area (Å²) in [6.45, 7) is 7.51. The number of carbonyl (C=O) groups is 3. The van der Waals surface area contributed by atoms with Crippen molar-refractivity contribution in [1.82, 2.24) is 10.2 Å². The molecule has 0 aromatic carbocycles. The topological polar surface area (TPSA) is 92.5 Å². The van der Waals surface area contributed by atoms with Gasteiger partial charge in [-0.1, -0.05) is 20.4 Å². The highest BCUT2D eigenvalue weighted by Gasteiger charge is 2.43. The molecule has 1 aliphatic carbocycles. The lowest BCUT2D eigenvalue weighted by molar-refractivity contribution is -0.136. The molecule has 1 aliphatic rings. The van der Waals surface area contributed by atoms with Crippen LogP contribution in [0.1, 0.15) is 39.5 Å². The molecule has 0 unspecified atom stereocenters. The second-order valence-electron chi connectivity index (χ2n) is 6.56. The molecule has 1 fully saturated rings. The van der Waals surface area contributed by atoms with Gasteiger partial charge in [0.1, 0.15) is 5.54 Å². The fourth-order valence-electron chi connectivity index (χ4n) is 2.54. The maximum absolute atomic E-state index is 12.1. The predicted octanol–water partition coefficient (Wildman–Crippen LogP) is 0.571. The number of hydrogen-bond acceptors (Lipinski definition) is 3. The predicted molar refractivity (Wildman–Crippen MR) is 80.2 cm³/mol. The molecule has 0 radical (unpaired) electrons. The van der Waals surface area contributed by atoms with Crippen LogP contribution in [0.4, 0.5) is 0 Å². The lowest BCUT2D eigenvalue weighted by Gasteiger charge is -2.42. The molecule has 0 aromatic heterocycles. The molecular formula is C15H25N3O3. The summed E-state index contributed by atoms with van der Waals surface area (Å²) in [5.74, 6) is -1.24. The van der Waals surface area contributed by atoms with E-state index in [1.165, 1.54) is 11.9 Å². The van der Waals surface area contributed by atoms with Crippen molar-refractivity contribution in [2.24, 2.45) is 11.1 Å². The van der Waals surface area contributed by atoms with Crippen LogP contribution in [0.5, 0.6) is 0 Å². The summed E-state index contributed by atoms with van der Waals surface area (Å²) >= 11 is 0. The number of likely N-dealkylation sites (N-methyl/N-ethyl adjacent to an activating group) is 1. The van der Waals surface area contributed by atoms with Crippen molar-refractivity contribution in [1.29, 1.82) is 0 Å². The first-order valence-electron chi connectivity index (χ1n) is 7.10. The van der Waals surface area contributed by atoms with Crippen molar-refractivity contribution >= 4 is 17.7 Å². The number of nitrogens with one attached hydrogen (secondary N) is 1. The van der Waals surface area contributed by atoms with Crippen LogP contribution in [0, 0.1) is 5.41 Å². The normalized spacial score (nSPS) is 19.4. The van der Waals surface area contributed by atoms with Crippen LogP contribution >= 0.6 is 0 Å². The molecule has 0 atom stereocenters. The van der Waals surface area contributed by atoms with Gasteiger partial charge in [-0.2, -0.15) is 0 Å². The fraction of sp³-hybridized carbons (Fsp3) is 0.667. The molecule has 3 amide bonds. The van der Waals surface area contributed by atoms with Crippen LogP contribution in [0.2, 0.25) is 0 Å². The van der Waals surface area contributed by atoms with Gasteiger partial charge in [-0.05, 0) is 37.2 Å². The highest BCUT2D eigenvalue weighted by Crippen LogP contribution is 2.40. The quantitative estimate of drug-likeness (QED) is 0.726. The average molecular weight is 295 g/mol. The maximum Gasteiger partial charge on any atom is 0.246 e. The number of amides is 3. The van der Waals surface area contributed by atoms with Crippen LogP contribution in [0.15, 0.2) is 12.7 Å². The second-order valence-corrected chi connectivity index (χ2v) is 6.56. The summed E-state index contributed by atoms with van der Waals surface area (Å²) in [5, 5.41) is 2.74. The molecule has 0 saturated heterocycles. The van der Waals surface area contributed by atoms with Gasteiger partial charge >= 0.3 is 0 Å². The number of carbonyl (C=O) groups excluding carboxylic acids is 3. The largest absolute Gasteiger partial charge is 0.368 e. The summed E-state index contributed by atoms with van der Waals surface area (Å²) in [4.78, 5) is 36.5. The molecule has 6 nitrogen and oxygen atoms in total. The SMILES string of the molecule is C=CC(=O)N(C)CC(=O)NC1(C(N)=O)CCC(C)(C)CC1. The van der Waals surface area contributed by atoms with E-state index >= 15 is 0 Å². The van der Waals surface area contributed by atoms with Crippen LogP contribution in [-0.4, -0.2) is 41.8 Å². The molecule has 21 heavy (non-hydrogen) atoms. The van der Waals surface area contributed by atoms with Gasteiger partial charge in [-0.25, -0.2) is 0 Å². The van der Waals surface area contributed by atoms with Crippen molar-refractivity contribution < 1.29 is 14.4 Å². The van der Waals surface area contributed by atoms with Gasteiger partial charge in [0, 0.05) is 7.05 Å². The zero-order valence-corrected chi connectivity index (χ0v) is 13.1. The van der Waals surface area contributed by atoms with Gasteiger partial charge < -0.3 is 16.0 Å². The Balaban J connectivity index is 2.72. The maximum atomic E-state index is 12.1. The van der Waals surface area contributed by atoms with E-state index in [-0.39, 0.29) is 23.8 Å². The Labute approximate surface area is 125 Å². The fourth-order valence-corrected chi connectivity index (χ4v) is 2.54. The third-order valence-corrected chi connectivity index (χ3v) is 4.24. The van der Waals surface area contributed by atoms with Crippen molar-refractivity contribution in [3.8, 4) is 0 Å². The lowest BCUT2D eigenvalue weighted by Crippen LogP contribution is -2.61. The Morgan fingerprint density at radius 1 is 1.24 bits per heavy atom. The first kappa shape index (κ1) is 17.2. The van der Waals surface area contributed by atoms with Crippen LogP contribution in [-0.2, 0) is 14.4 Å². The van der Waals surface area contributed by atoms with E-state index in [0.717, 1.165) is 18.9 Å². The number of rotatable bonds is 5. The highest BCUT2D eigenvalue weighted by atomic mass is 16.2. The standard InChI is InChI=1S/C15H25N3O3/c1-5-12(20)18(4)10-11(19)17-15(13(16)21)8-6-14(2,3)7-9-15/h5H,1,6-10H2,2-4H3,(H2,16,21)(H,17,19). The number of hydrogen-bond donors (Lipinski definition) is 2. The van der Waals surface area contributed by atoms with E-state index in [1.54, 1.807) is 0 Å². The summed E-state index contributed by atoms with van der Waals surface area (Å²) in [5.41, 5.74) is 4.66. The van der Waals surface area contributed by atoms with Crippen molar-refractivity contribution in [3.63, 3.8) is 0 Å². The lowest BCUT2D eigenvalue weighted by atomic mass is 9.69. The van der Waals surface area contributed by atoms with Crippen LogP contribution in [0.3, 0.4) is 0 Å². The summed E-state index contributed by atoms with van der Waals surface area (Å²) in [7, 11) is 1.50. The van der Waals surface area contributed by atoms with Gasteiger partial charge in [-0.15, -0.1) is 0 Å². The van der Waals surface area contributed by atoms with Gasteiger partial charge in [0.2, 0.25) is 17.7 Å². The van der Waals surface area contributed by atoms with Crippen LogP contribution in [0.25, 0.3) is 0 Å². The molecule has 0 spiro atoms. The first-order chi connectivity index (χ1) is 9.62. The third kappa shape index (κ3) is 4.31. The second kappa shape index (κ2) is 6.28. The zero-order chi connectivity index (χ0) is 16.3. The molecule has 1 rings (SSSR count). The molecule has 6 heteroatoms. The highest BCUT2D eigenvalue weighted by molar-refractivity contribution is 5.94. The average Bonchev–Trinajstić information content (AvgIpc) is 2.40. The van der Waals surface area contributed by atoms with Crippen molar-refractivity contribution in [2.75, 3.05) is 13.6 Å². The Kier molecular flexibility index (Phi) is 5.15. The summed E-state index contributed by atoms with van der Waals surface area (Å²) in [6.07, 6.45) is 3.83. The Morgan fingerprint density at radius 3 is 2.19 bits per heavy atom. The Hall–Kier alpha value is -1.85. The van der Waals surface area contributed by atoms with E-state index in [0.29, 0.717) is 12.8 Å². The minimum atomic E-state index is -0.995. The van der Waals surface area contributed by atoms with Gasteiger partial charge in [0.15, 0.2) is 0 Å². The minimum Gasteiger partial charge on any atom is -0.368 e. The molecular weight excluding hydrogens is 270 g/mol. The summed E-state index contributed by atoms with van der Waals surface area (Å²) < 4.78 is 0. The molecule has 1 saturated carbocycles. The van der Waals surface area contributed by atoms with Crippen molar-refractivity contribution in [3.05, 3.63) is 12.7 Å². The molecule has 0 aromatic rings. The third-order valence-electron chi connectivity index (χ3n) is 4.24. The molecule has 0 heterocycles. The minimum absolute atomic E-state index is 0.122. The van der Waals surface area contributed by atoms with E-state index in [1.807, 2.05) is 0 Å². The van der Waals surface area contributed by atoms with E-state index in [4.69, 9.17) is 5.73 Å². The van der Waals surface area contributed by atoms with Crippen LogP contribution < -0.4 is 11.1 Å². The van der Waals surface area contributed by atoms with E-state index in [9.17, 15) is 14.4 Å². The number of nitrogens with two attached hydrogens (primary N) is 1. The molecule has 0 bridgehead atoms. The summed E-state index contributed by atoms with van der Waals surface area (Å²) in [6, 6.07) is 0. The Bertz CT molecular complexity index is 447. The zero-order valence-electron chi connectivity index (χ0n) is 13.1. The number of primary amides is 1. The van der Waals surface area contributed by atoms with E-state index in [2.05, 4.69) is 25.7 Å².